The summed E-state index contributed by atoms with van der Waals surface area (Å²) in [6.07, 6.45) is 5.27. The molecule has 1 fully saturated rings. The third-order valence-electron chi connectivity index (χ3n) is 6.28. The Hall–Kier alpha value is -2.94. The van der Waals surface area contributed by atoms with E-state index in [-0.39, 0.29) is 16.9 Å². The number of rotatable bonds is 3. The molecule has 0 aliphatic heterocycles. The van der Waals surface area contributed by atoms with Gasteiger partial charge in [-0.05, 0) is 84.7 Å². The Kier molecular flexibility index (Phi) is 4.99. The van der Waals surface area contributed by atoms with Gasteiger partial charge in [-0.2, -0.15) is 0 Å². The lowest BCUT2D eigenvalue weighted by molar-refractivity contribution is 0.437. The van der Waals surface area contributed by atoms with E-state index < -0.39 is 0 Å². The molecular formula is C25H26O3. The minimum Gasteiger partial charge on any atom is -0.508 e. The molecule has 3 aromatic rings. The van der Waals surface area contributed by atoms with Gasteiger partial charge in [0, 0.05) is 5.41 Å². The maximum atomic E-state index is 9.76. The molecule has 3 aromatic carbocycles. The Labute approximate surface area is 165 Å². The summed E-state index contributed by atoms with van der Waals surface area (Å²) in [6, 6.07) is 22.8. The lowest BCUT2D eigenvalue weighted by Crippen LogP contribution is -2.27. The predicted octanol–water partition coefficient (Wildman–Crippen LogP) is 5.84. The molecule has 1 atom stereocenters. The molecule has 1 aliphatic carbocycles. The van der Waals surface area contributed by atoms with E-state index >= 15 is 0 Å². The van der Waals surface area contributed by atoms with Gasteiger partial charge in [0.15, 0.2) is 0 Å². The fourth-order valence-electron chi connectivity index (χ4n) is 4.72. The normalized spacial score (nSPS) is 19.1. The van der Waals surface area contributed by atoms with E-state index in [1.807, 2.05) is 36.4 Å². The Bertz CT molecular complexity index is 866. The van der Waals surface area contributed by atoms with Crippen molar-refractivity contribution >= 4 is 0 Å². The van der Waals surface area contributed by atoms with E-state index in [0.717, 1.165) is 32.1 Å². The summed E-state index contributed by atoms with van der Waals surface area (Å²) in [5, 5.41) is 29.1. The van der Waals surface area contributed by atoms with Gasteiger partial charge in [-0.1, -0.05) is 42.8 Å². The average Bonchev–Trinajstić information content (AvgIpc) is 2.94. The summed E-state index contributed by atoms with van der Waals surface area (Å²) in [4.78, 5) is 0. The van der Waals surface area contributed by atoms with Gasteiger partial charge in [0.1, 0.15) is 17.2 Å². The topological polar surface area (TPSA) is 60.7 Å². The summed E-state index contributed by atoms with van der Waals surface area (Å²) >= 11 is 0. The summed E-state index contributed by atoms with van der Waals surface area (Å²) in [6.45, 7) is 0. The van der Waals surface area contributed by atoms with Crippen LogP contribution in [0, 0.1) is 0 Å². The molecule has 1 saturated carbocycles. The van der Waals surface area contributed by atoms with Gasteiger partial charge in [-0.3, -0.25) is 0 Å². The first-order valence-electron chi connectivity index (χ1n) is 9.95. The second-order valence-corrected chi connectivity index (χ2v) is 7.90. The van der Waals surface area contributed by atoms with Crippen molar-refractivity contribution in [2.24, 2.45) is 0 Å². The molecule has 0 spiro atoms. The van der Waals surface area contributed by atoms with E-state index in [2.05, 4.69) is 0 Å². The summed E-state index contributed by atoms with van der Waals surface area (Å²) in [5.41, 5.74) is 3.57. The van der Waals surface area contributed by atoms with Crippen LogP contribution in [0.15, 0.2) is 72.8 Å². The van der Waals surface area contributed by atoms with Crippen LogP contribution in [-0.4, -0.2) is 15.3 Å². The fraction of sp³-hybridized carbons (Fsp3) is 0.280. The first-order chi connectivity index (χ1) is 13.6. The molecule has 0 heterocycles. The standard InChI is InChI=1S/C25H26O3/c26-22-9-3-19(4-10-22)18-2-1-16-25(17-15-18,20-5-11-23(27)12-6-20)21-7-13-24(28)14-8-21/h3-14,18,26-28H,1-2,15-17H2. The highest BCUT2D eigenvalue weighted by molar-refractivity contribution is 5.43. The monoisotopic (exact) mass is 374 g/mol. The number of aromatic hydroxyl groups is 3. The smallest absolute Gasteiger partial charge is 0.115 e. The quantitative estimate of drug-likeness (QED) is 0.505. The second-order valence-electron chi connectivity index (χ2n) is 7.90. The van der Waals surface area contributed by atoms with Crippen LogP contribution in [-0.2, 0) is 5.41 Å². The molecule has 0 bridgehead atoms. The maximum absolute atomic E-state index is 9.76. The van der Waals surface area contributed by atoms with E-state index in [1.54, 1.807) is 36.4 Å². The number of phenolic OH excluding ortho intramolecular Hbond substituents is 3. The minimum absolute atomic E-state index is 0.132. The van der Waals surface area contributed by atoms with E-state index in [4.69, 9.17) is 0 Å². The summed E-state index contributed by atoms with van der Waals surface area (Å²) in [5.74, 6) is 1.33. The van der Waals surface area contributed by atoms with Gasteiger partial charge in [0.25, 0.3) is 0 Å². The number of phenols is 3. The van der Waals surface area contributed by atoms with Crippen molar-refractivity contribution in [3.63, 3.8) is 0 Å². The molecule has 28 heavy (non-hydrogen) atoms. The number of hydrogen-bond donors (Lipinski definition) is 3. The first-order valence-corrected chi connectivity index (χ1v) is 9.95. The van der Waals surface area contributed by atoms with Gasteiger partial charge in [0.2, 0.25) is 0 Å². The molecule has 0 aromatic heterocycles. The summed E-state index contributed by atoms with van der Waals surface area (Å²) < 4.78 is 0. The SMILES string of the molecule is Oc1ccc(C2CCCC(c3ccc(O)cc3)(c3ccc(O)cc3)CC2)cc1. The molecule has 3 N–H and O–H groups in total. The van der Waals surface area contributed by atoms with Crippen molar-refractivity contribution in [3.8, 4) is 17.2 Å². The van der Waals surface area contributed by atoms with Crippen LogP contribution in [0.1, 0.15) is 54.7 Å². The first kappa shape index (κ1) is 18.4. The highest BCUT2D eigenvalue weighted by Crippen LogP contribution is 2.47. The lowest BCUT2D eigenvalue weighted by atomic mass is 9.69. The van der Waals surface area contributed by atoms with Crippen molar-refractivity contribution < 1.29 is 15.3 Å². The fourth-order valence-corrected chi connectivity index (χ4v) is 4.72. The van der Waals surface area contributed by atoms with E-state index in [0.29, 0.717) is 11.7 Å². The van der Waals surface area contributed by atoms with Crippen LogP contribution < -0.4 is 0 Å². The van der Waals surface area contributed by atoms with E-state index in [1.165, 1.54) is 16.7 Å². The Morgan fingerprint density at radius 3 is 1.54 bits per heavy atom. The Morgan fingerprint density at radius 1 is 0.571 bits per heavy atom. The van der Waals surface area contributed by atoms with Gasteiger partial charge in [0.05, 0.1) is 0 Å². The molecule has 1 unspecified atom stereocenters. The minimum atomic E-state index is -0.132. The molecule has 3 heteroatoms. The molecule has 144 valence electrons. The molecule has 1 aliphatic rings. The van der Waals surface area contributed by atoms with Gasteiger partial charge in [-0.15, -0.1) is 0 Å². The molecule has 3 nitrogen and oxygen atoms in total. The molecule has 0 amide bonds. The van der Waals surface area contributed by atoms with Crippen molar-refractivity contribution in [1.29, 1.82) is 0 Å². The van der Waals surface area contributed by atoms with Crippen LogP contribution in [0.2, 0.25) is 0 Å². The number of hydrogen-bond acceptors (Lipinski definition) is 3. The highest BCUT2D eigenvalue weighted by atomic mass is 16.3. The van der Waals surface area contributed by atoms with Crippen LogP contribution in [0.3, 0.4) is 0 Å². The maximum Gasteiger partial charge on any atom is 0.115 e. The largest absolute Gasteiger partial charge is 0.508 e. The molecule has 0 saturated heterocycles. The average molecular weight is 374 g/mol. The second kappa shape index (κ2) is 7.59. The molecule has 0 radical (unpaired) electrons. The van der Waals surface area contributed by atoms with Crippen molar-refractivity contribution in [1.82, 2.24) is 0 Å². The van der Waals surface area contributed by atoms with Crippen molar-refractivity contribution in [2.45, 2.75) is 43.4 Å². The van der Waals surface area contributed by atoms with E-state index in [9.17, 15) is 15.3 Å². The van der Waals surface area contributed by atoms with Gasteiger partial charge in [-0.25, -0.2) is 0 Å². The van der Waals surface area contributed by atoms with Crippen LogP contribution in [0.5, 0.6) is 17.2 Å². The zero-order valence-corrected chi connectivity index (χ0v) is 15.9. The number of benzene rings is 3. The van der Waals surface area contributed by atoms with Gasteiger partial charge < -0.3 is 15.3 Å². The van der Waals surface area contributed by atoms with Crippen LogP contribution in [0.4, 0.5) is 0 Å². The van der Waals surface area contributed by atoms with Crippen molar-refractivity contribution in [3.05, 3.63) is 89.5 Å². The molecular weight excluding hydrogens is 348 g/mol. The summed E-state index contributed by atoms with van der Waals surface area (Å²) in [7, 11) is 0. The third kappa shape index (κ3) is 3.57. The highest BCUT2D eigenvalue weighted by Gasteiger charge is 2.36. The zero-order chi connectivity index (χ0) is 19.6. The van der Waals surface area contributed by atoms with Gasteiger partial charge >= 0.3 is 0 Å². The molecule has 4 rings (SSSR count). The Morgan fingerprint density at radius 2 is 1.04 bits per heavy atom. The van der Waals surface area contributed by atoms with Crippen LogP contribution in [0.25, 0.3) is 0 Å². The third-order valence-corrected chi connectivity index (χ3v) is 6.28. The lowest BCUT2D eigenvalue weighted by Gasteiger charge is -2.34. The van der Waals surface area contributed by atoms with Crippen LogP contribution >= 0.6 is 0 Å². The Balaban J connectivity index is 1.70. The predicted molar refractivity (Wildman–Crippen MR) is 111 cm³/mol. The van der Waals surface area contributed by atoms with Crippen molar-refractivity contribution in [2.75, 3.05) is 0 Å². The zero-order valence-electron chi connectivity index (χ0n) is 15.9.